The van der Waals surface area contributed by atoms with Crippen LogP contribution in [0, 0.1) is 0 Å². The van der Waals surface area contributed by atoms with E-state index in [4.69, 9.17) is 14.2 Å². The number of carboxylic acid groups (broad SMARTS) is 1. The number of ether oxygens (including phenoxy) is 3. The largest absolute Gasteiger partial charge is 0.477 e. The molecule has 0 rings (SSSR count). The van der Waals surface area contributed by atoms with Crippen LogP contribution in [0.1, 0.15) is 226 Å². The number of carbonyl (C=O) groups is 1. The van der Waals surface area contributed by atoms with Crippen LogP contribution in [-0.4, -0.2) is 91.5 Å². The fourth-order valence-corrected chi connectivity index (χ4v) is 7.35. The molecular formula is C46H94NO7+. The number of nitrogens with zero attached hydrogens (tertiary/aromatic N) is 1. The molecule has 0 aliphatic carbocycles. The molecule has 0 aliphatic rings. The smallest absolute Gasteiger partial charge is 0.362 e. The van der Waals surface area contributed by atoms with Gasteiger partial charge in [-0.3, -0.25) is 0 Å². The SMILES string of the molecule is CCCCCCCCCCCCCCCCC[C@@H](O)O[C@@H](COCC[C@H](C(=O)O)[N+](C)(C)C)CO[C@@H](O)CCCCCCCCCCCCCCCCC. The van der Waals surface area contributed by atoms with Gasteiger partial charge in [0, 0.05) is 6.42 Å². The monoisotopic (exact) mass is 773 g/mol. The van der Waals surface area contributed by atoms with Gasteiger partial charge in [0.2, 0.25) is 0 Å². The van der Waals surface area contributed by atoms with Crippen LogP contribution in [0.15, 0.2) is 0 Å². The van der Waals surface area contributed by atoms with E-state index < -0.39 is 30.7 Å². The maximum atomic E-state index is 11.8. The molecule has 0 amide bonds. The summed E-state index contributed by atoms with van der Waals surface area (Å²) in [5.41, 5.74) is 0. The van der Waals surface area contributed by atoms with Crippen molar-refractivity contribution in [2.24, 2.45) is 0 Å². The van der Waals surface area contributed by atoms with Crippen molar-refractivity contribution in [2.75, 3.05) is 41.0 Å². The number of quaternary nitrogens is 1. The molecule has 0 aromatic rings. The highest BCUT2D eigenvalue weighted by Crippen LogP contribution is 2.17. The summed E-state index contributed by atoms with van der Waals surface area (Å²) in [6.07, 6.45) is 38.2. The zero-order valence-corrected chi connectivity index (χ0v) is 36.7. The molecule has 0 aliphatic heterocycles. The summed E-state index contributed by atoms with van der Waals surface area (Å²) in [5, 5.41) is 30.9. The molecule has 0 aromatic carbocycles. The molecule has 0 spiro atoms. The van der Waals surface area contributed by atoms with E-state index in [0.29, 0.717) is 23.7 Å². The van der Waals surface area contributed by atoms with Crippen molar-refractivity contribution in [2.45, 2.75) is 250 Å². The number of aliphatic hydroxyl groups excluding tert-OH is 2. The molecule has 8 nitrogen and oxygen atoms in total. The fraction of sp³-hybridized carbons (Fsp3) is 0.978. The minimum Gasteiger partial charge on any atom is -0.477 e. The predicted octanol–water partition coefficient (Wildman–Crippen LogP) is 12.1. The van der Waals surface area contributed by atoms with E-state index in [1.165, 1.54) is 167 Å². The second-order valence-corrected chi connectivity index (χ2v) is 17.3. The van der Waals surface area contributed by atoms with Crippen LogP contribution in [0.4, 0.5) is 0 Å². The van der Waals surface area contributed by atoms with Crippen LogP contribution in [0.25, 0.3) is 0 Å². The number of hydrogen-bond donors (Lipinski definition) is 3. The Kier molecular flexibility index (Phi) is 38.5. The number of aliphatic carboxylic acids is 1. The van der Waals surface area contributed by atoms with Crippen molar-refractivity contribution in [3.05, 3.63) is 0 Å². The Morgan fingerprint density at radius 2 is 0.815 bits per heavy atom. The van der Waals surface area contributed by atoms with Crippen LogP contribution >= 0.6 is 0 Å². The summed E-state index contributed by atoms with van der Waals surface area (Å²) in [4.78, 5) is 11.8. The normalized spacial score (nSPS) is 14.4. The van der Waals surface area contributed by atoms with E-state index >= 15 is 0 Å². The maximum Gasteiger partial charge on any atom is 0.362 e. The summed E-state index contributed by atoms with van der Waals surface area (Å²) < 4.78 is 17.9. The van der Waals surface area contributed by atoms with Gasteiger partial charge in [0.05, 0.1) is 41.0 Å². The van der Waals surface area contributed by atoms with Gasteiger partial charge in [0.25, 0.3) is 0 Å². The molecule has 8 heteroatoms. The average Bonchev–Trinajstić information content (AvgIpc) is 3.12. The molecule has 0 saturated carbocycles. The Balaban J connectivity index is 4.26. The fourth-order valence-electron chi connectivity index (χ4n) is 7.35. The van der Waals surface area contributed by atoms with E-state index in [1.807, 2.05) is 21.1 Å². The number of rotatable bonds is 44. The van der Waals surface area contributed by atoms with Gasteiger partial charge >= 0.3 is 5.97 Å². The van der Waals surface area contributed by atoms with Crippen molar-refractivity contribution in [1.82, 2.24) is 0 Å². The molecule has 3 N–H and O–H groups in total. The molecule has 0 unspecified atom stereocenters. The van der Waals surface area contributed by atoms with Gasteiger partial charge in [-0.15, -0.1) is 0 Å². The summed E-state index contributed by atoms with van der Waals surface area (Å²) >= 11 is 0. The molecule has 0 fully saturated rings. The van der Waals surface area contributed by atoms with E-state index in [1.54, 1.807) is 0 Å². The van der Waals surface area contributed by atoms with Crippen LogP contribution in [0.3, 0.4) is 0 Å². The first kappa shape index (κ1) is 53.2. The number of likely N-dealkylation sites (N-methyl/N-ethyl adjacent to an activating group) is 1. The number of carboxylic acids is 1. The highest BCUT2D eigenvalue weighted by Gasteiger charge is 2.31. The lowest BCUT2D eigenvalue weighted by Crippen LogP contribution is -2.50. The van der Waals surface area contributed by atoms with Gasteiger partial charge in [0.15, 0.2) is 18.6 Å². The Hall–Kier alpha value is -0.770. The molecule has 0 bridgehead atoms. The van der Waals surface area contributed by atoms with Gasteiger partial charge < -0.3 is 34.0 Å². The zero-order chi connectivity index (χ0) is 40.0. The van der Waals surface area contributed by atoms with Crippen molar-refractivity contribution in [3.63, 3.8) is 0 Å². The molecule has 0 radical (unpaired) electrons. The van der Waals surface area contributed by atoms with Gasteiger partial charge in [-0.25, -0.2) is 4.79 Å². The second-order valence-electron chi connectivity index (χ2n) is 17.3. The van der Waals surface area contributed by atoms with Crippen molar-refractivity contribution >= 4 is 5.97 Å². The Bertz CT molecular complexity index is 777. The Morgan fingerprint density at radius 1 is 0.481 bits per heavy atom. The standard InChI is InChI=1S/C46H93NO7/c1-6-8-10-12-14-16-18-20-22-24-26-28-30-32-34-36-44(48)53-41-42(40-52-39-38-43(46(50)51)47(3,4)5)54-45(49)37-35-33-31-29-27-25-23-21-19-17-15-13-11-9-7-2/h42-45,48-49H,6-41H2,1-5H3/p+1/t42-,43+,44+,45-/m0/s1. The van der Waals surface area contributed by atoms with Crippen LogP contribution in [-0.2, 0) is 19.0 Å². The second kappa shape index (κ2) is 39.1. The zero-order valence-electron chi connectivity index (χ0n) is 36.7. The molecule has 0 heterocycles. The summed E-state index contributed by atoms with van der Waals surface area (Å²) in [5.74, 6) is -0.844. The van der Waals surface area contributed by atoms with Gasteiger partial charge in [-0.05, 0) is 25.7 Å². The van der Waals surface area contributed by atoms with Crippen LogP contribution in [0.5, 0.6) is 0 Å². The summed E-state index contributed by atoms with van der Waals surface area (Å²) in [7, 11) is 5.60. The molecular weight excluding hydrogens is 679 g/mol. The quantitative estimate of drug-likeness (QED) is 0.0322. The lowest BCUT2D eigenvalue weighted by molar-refractivity contribution is -0.887. The maximum absolute atomic E-state index is 11.8. The van der Waals surface area contributed by atoms with E-state index in [9.17, 15) is 20.1 Å². The summed E-state index contributed by atoms with van der Waals surface area (Å²) in [6.45, 7) is 5.10. The molecule has 0 saturated heterocycles. The minimum absolute atomic E-state index is 0.119. The molecule has 0 aromatic heterocycles. The van der Waals surface area contributed by atoms with Gasteiger partial charge in [0.1, 0.15) is 6.10 Å². The Morgan fingerprint density at radius 3 is 1.15 bits per heavy atom. The summed E-state index contributed by atoms with van der Waals surface area (Å²) in [6, 6.07) is -0.576. The van der Waals surface area contributed by atoms with E-state index in [0.717, 1.165) is 25.7 Å². The first-order valence-corrected chi connectivity index (χ1v) is 23.4. The van der Waals surface area contributed by atoms with Crippen molar-refractivity contribution in [1.29, 1.82) is 0 Å². The third-order valence-electron chi connectivity index (χ3n) is 11.0. The molecule has 4 atom stereocenters. The van der Waals surface area contributed by atoms with Gasteiger partial charge in [-0.2, -0.15) is 0 Å². The first-order chi connectivity index (χ1) is 26.1. The van der Waals surface area contributed by atoms with Crippen molar-refractivity contribution in [3.8, 4) is 0 Å². The van der Waals surface area contributed by atoms with E-state index in [-0.39, 0.29) is 19.8 Å². The third-order valence-corrected chi connectivity index (χ3v) is 11.0. The Labute approximate surface area is 335 Å². The van der Waals surface area contributed by atoms with Crippen LogP contribution < -0.4 is 0 Å². The van der Waals surface area contributed by atoms with E-state index in [2.05, 4.69) is 13.8 Å². The lowest BCUT2D eigenvalue weighted by Gasteiger charge is -2.31. The van der Waals surface area contributed by atoms with Crippen LogP contribution in [0.2, 0.25) is 0 Å². The van der Waals surface area contributed by atoms with Gasteiger partial charge in [-0.1, -0.05) is 194 Å². The molecule has 324 valence electrons. The number of unbranched alkanes of at least 4 members (excludes halogenated alkanes) is 28. The average molecular weight is 773 g/mol. The minimum atomic E-state index is -0.921. The predicted molar refractivity (Wildman–Crippen MR) is 227 cm³/mol. The number of hydrogen-bond acceptors (Lipinski definition) is 6. The lowest BCUT2D eigenvalue weighted by atomic mass is 10.0. The highest BCUT2D eigenvalue weighted by molar-refractivity contribution is 5.72. The topological polar surface area (TPSA) is 105 Å². The highest BCUT2D eigenvalue weighted by atomic mass is 16.7. The number of aliphatic hydroxyl groups is 2. The third kappa shape index (κ3) is 36.8. The first-order valence-electron chi connectivity index (χ1n) is 23.4. The molecule has 54 heavy (non-hydrogen) atoms. The van der Waals surface area contributed by atoms with Crippen molar-refractivity contribution < 1.29 is 38.8 Å².